The number of halogens is 2. The van der Waals surface area contributed by atoms with Crippen molar-refractivity contribution in [1.29, 1.82) is 0 Å². The van der Waals surface area contributed by atoms with Crippen LogP contribution in [0.4, 0.5) is 5.69 Å². The summed E-state index contributed by atoms with van der Waals surface area (Å²) in [6, 6.07) is 7.53. The van der Waals surface area contributed by atoms with Crippen LogP contribution in [0.3, 0.4) is 0 Å². The Morgan fingerprint density at radius 1 is 1.16 bits per heavy atom. The lowest BCUT2D eigenvalue weighted by molar-refractivity contribution is -0.170. The fourth-order valence-electron chi connectivity index (χ4n) is 5.40. The molecule has 0 heterocycles. The molecule has 4 bridgehead atoms. The van der Waals surface area contributed by atoms with E-state index >= 15 is 0 Å². The molecule has 2 atom stereocenters. The number of ether oxygens (including phenoxy) is 1. The molecule has 1 amide bonds. The average molecular weight is 518 g/mol. The molecule has 1 aromatic carbocycles. The second-order valence-electron chi connectivity index (χ2n) is 8.02. The van der Waals surface area contributed by atoms with E-state index in [9.17, 15) is 9.59 Å². The van der Waals surface area contributed by atoms with Gasteiger partial charge in [-0.15, -0.1) is 0 Å². The number of carbonyl (C=O) groups is 2. The monoisotopic (exact) mass is 517 g/mol. The number of rotatable bonds is 4. The lowest BCUT2D eigenvalue weighted by atomic mass is 9.49. The smallest absolute Gasteiger partial charge is 0.312 e. The van der Waals surface area contributed by atoms with Crippen molar-refractivity contribution in [2.45, 2.75) is 42.8 Å². The van der Waals surface area contributed by atoms with Crippen molar-refractivity contribution in [3.8, 4) is 0 Å². The lowest BCUT2D eigenvalue weighted by Crippen LogP contribution is -2.56. The quantitative estimate of drug-likeness (QED) is 0.363. The highest BCUT2D eigenvalue weighted by atomic mass is 127. The van der Waals surface area contributed by atoms with E-state index in [1.165, 1.54) is 19.3 Å². The fourth-order valence-corrected chi connectivity index (χ4v) is 7.22. The lowest BCUT2D eigenvalue weighted by Gasteiger charge is -2.58. The molecule has 134 valence electrons. The number of benzene rings is 1. The molecule has 6 heteroatoms. The second kappa shape index (κ2) is 6.51. The summed E-state index contributed by atoms with van der Waals surface area (Å²) < 4.78 is 6.67. The first-order chi connectivity index (χ1) is 11.9. The van der Waals surface area contributed by atoms with Gasteiger partial charge in [-0.2, -0.15) is 0 Å². The number of anilines is 1. The van der Waals surface area contributed by atoms with Gasteiger partial charge in [-0.3, -0.25) is 9.59 Å². The third kappa shape index (κ3) is 3.61. The van der Waals surface area contributed by atoms with Crippen molar-refractivity contribution in [3.63, 3.8) is 0 Å². The van der Waals surface area contributed by atoms with E-state index < -0.39 is 0 Å². The van der Waals surface area contributed by atoms with Gasteiger partial charge in [-0.1, -0.05) is 15.9 Å². The van der Waals surface area contributed by atoms with Crippen molar-refractivity contribution in [2.75, 3.05) is 11.9 Å². The molecule has 25 heavy (non-hydrogen) atoms. The number of nitrogens with one attached hydrogen (secondary N) is 1. The van der Waals surface area contributed by atoms with Gasteiger partial charge in [-0.25, -0.2) is 0 Å². The van der Waals surface area contributed by atoms with Gasteiger partial charge in [0.1, 0.15) is 0 Å². The van der Waals surface area contributed by atoms with Crippen LogP contribution < -0.4 is 5.32 Å². The van der Waals surface area contributed by atoms with Gasteiger partial charge in [0.2, 0.25) is 0 Å². The summed E-state index contributed by atoms with van der Waals surface area (Å²) in [4.78, 5) is 24.9. The normalized spacial score (nSPS) is 35.4. The van der Waals surface area contributed by atoms with E-state index in [1.54, 1.807) is 0 Å². The van der Waals surface area contributed by atoms with Crippen LogP contribution in [0, 0.1) is 20.8 Å². The van der Waals surface area contributed by atoms with Gasteiger partial charge in [0.05, 0.1) is 5.41 Å². The van der Waals surface area contributed by atoms with E-state index in [1.807, 2.05) is 24.3 Å². The SMILES string of the molecule is O=C(COC(=O)C12CC3CC(CC(Br)(C3)C1)C2)Nc1ccc(I)cc1. The van der Waals surface area contributed by atoms with Crippen LogP contribution in [0.5, 0.6) is 0 Å². The summed E-state index contributed by atoms with van der Waals surface area (Å²) >= 11 is 6.12. The van der Waals surface area contributed by atoms with Crippen molar-refractivity contribution >= 4 is 56.1 Å². The van der Waals surface area contributed by atoms with E-state index in [-0.39, 0.29) is 28.2 Å². The summed E-state index contributed by atoms with van der Waals surface area (Å²) in [6.45, 7) is -0.211. The third-order valence-corrected chi connectivity index (χ3v) is 7.53. The minimum atomic E-state index is -0.378. The van der Waals surface area contributed by atoms with Crippen molar-refractivity contribution in [3.05, 3.63) is 27.8 Å². The Balaban J connectivity index is 1.36. The molecular weight excluding hydrogens is 497 g/mol. The van der Waals surface area contributed by atoms with Crippen LogP contribution in [0.1, 0.15) is 38.5 Å². The molecular formula is C19H21BrINO3. The standard InChI is InChI=1S/C19H21BrINO3/c20-19-8-12-5-13(9-19)7-18(6-12,11-19)17(24)25-10-16(23)22-15-3-1-14(21)2-4-15/h1-4,12-13H,5-11H2,(H,22,23). The topological polar surface area (TPSA) is 55.4 Å². The molecule has 4 aliphatic rings. The molecule has 0 aliphatic heterocycles. The van der Waals surface area contributed by atoms with Gasteiger partial charge in [0, 0.05) is 13.6 Å². The maximum Gasteiger partial charge on any atom is 0.312 e. The Morgan fingerprint density at radius 2 is 1.80 bits per heavy atom. The van der Waals surface area contributed by atoms with Gasteiger partial charge < -0.3 is 10.1 Å². The molecule has 4 aliphatic carbocycles. The van der Waals surface area contributed by atoms with Crippen LogP contribution in [0.2, 0.25) is 0 Å². The Morgan fingerprint density at radius 3 is 2.40 bits per heavy atom. The van der Waals surface area contributed by atoms with Crippen LogP contribution in [-0.2, 0) is 14.3 Å². The summed E-state index contributed by atoms with van der Waals surface area (Å²) in [5.41, 5.74) is 0.340. The molecule has 4 saturated carbocycles. The zero-order valence-corrected chi connectivity index (χ0v) is 17.6. The van der Waals surface area contributed by atoms with E-state index in [0.717, 1.165) is 28.5 Å². The van der Waals surface area contributed by atoms with Gasteiger partial charge in [0.15, 0.2) is 6.61 Å². The number of hydrogen-bond donors (Lipinski definition) is 1. The Kier molecular flexibility index (Phi) is 4.63. The Bertz CT molecular complexity index is 691. The summed E-state index contributed by atoms with van der Waals surface area (Å²) in [6.07, 6.45) is 6.29. The number of amides is 1. The largest absolute Gasteiger partial charge is 0.455 e. The van der Waals surface area contributed by atoms with E-state index in [2.05, 4.69) is 43.8 Å². The van der Waals surface area contributed by atoms with Gasteiger partial charge in [0.25, 0.3) is 5.91 Å². The van der Waals surface area contributed by atoms with Gasteiger partial charge in [-0.05, 0) is 97.2 Å². The molecule has 4 nitrogen and oxygen atoms in total. The molecule has 0 spiro atoms. The maximum atomic E-state index is 12.8. The second-order valence-corrected chi connectivity index (χ2v) is 11.0. The molecule has 0 saturated heterocycles. The molecule has 1 aromatic rings. The highest BCUT2D eigenvalue weighted by molar-refractivity contribution is 14.1. The molecule has 5 rings (SSSR count). The predicted molar refractivity (Wildman–Crippen MR) is 108 cm³/mol. The number of alkyl halides is 1. The molecule has 0 aromatic heterocycles. The van der Waals surface area contributed by atoms with Crippen LogP contribution in [0.15, 0.2) is 24.3 Å². The van der Waals surface area contributed by atoms with Gasteiger partial charge >= 0.3 is 5.97 Å². The van der Waals surface area contributed by atoms with Crippen LogP contribution in [-0.4, -0.2) is 22.8 Å². The minimum Gasteiger partial charge on any atom is -0.455 e. The number of esters is 1. The van der Waals surface area contributed by atoms with Crippen molar-refractivity contribution in [1.82, 2.24) is 0 Å². The van der Waals surface area contributed by atoms with Crippen LogP contribution in [0.25, 0.3) is 0 Å². The molecule has 1 N–H and O–H groups in total. The molecule has 4 fully saturated rings. The summed E-state index contributed by atoms with van der Waals surface area (Å²) in [5, 5.41) is 2.78. The maximum absolute atomic E-state index is 12.8. The van der Waals surface area contributed by atoms with Crippen molar-refractivity contribution in [2.24, 2.45) is 17.3 Å². The highest BCUT2D eigenvalue weighted by Crippen LogP contribution is 2.64. The first-order valence-electron chi connectivity index (χ1n) is 8.77. The third-order valence-electron chi connectivity index (χ3n) is 5.89. The average Bonchev–Trinajstić information content (AvgIpc) is 2.52. The first-order valence-corrected chi connectivity index (χ1v) is 10.6. The van der Waals surface area contributed by atoms with E-state index in [4.69, 9.17) is 4.74 Å². The number of carbonyl (C=O) groups excluding carboxylic acids is 2. The van der Waals surface area contributed by atoms with Crippen LogP contribution >= 0.6 is 38.5 Å². The predicted octanol–water partition coefficient (Wildman–Crippen LogP) is 4.51. The zero-order chi connectivity index (χ0) is 17.7. The summed E-state index contributed by atoms with van der Waals surface area (Å²) in [7, 11) is 0. The number of hydrogen-bond acceptors (Lipinski definition) is 3. The zero-order valence-electron chi connectivity index (χ0n) is 13.9. The Labute approximate surface area is 169 Å². The summed E-state index contributed by atoms with van der Waals surface area (Å²) in [5.74, 6) is 0.776. The molecule has 0 radical (unpaired) electrons. The Hall–Kier alpha value is -0.630. The van der Waals surface area contributed by atoms with E-state index in [0.29, 0.717) is 11.8 Å². The minimum absolute atomic E-state index is 0.111. The fraction of sp³-hybridized carbons (Fsp3) is 0.579. The molecule has 2 unspecified atom stereocenters. The van der Waals surface area contributed by atoms with Crippen molar-refractivity contribution < 1.29 is 14.3 Å². The highest BCUT2D eigenvalue weighted by Gasteiger charge is 2.60. The first kappa shape index (κ1) is 17.8.